The van der Waals surface area contributed by atoms with Crippen LogP contribution in [0.5, 0.6) is 34.5 Å². The Morgan fingerprint density at radius 2 is 0.857 bits per heavy atom. The molecule has 0 heterocycles. The molecular formula is C26H20N2O7. The summed E-state index contributed by atoms with van der Waals surface area (Å²) in [4.78, 5) is 23.6. The highest BCUT2D eigenvalue weighted by atomic mass is 16.5. The summed E-state index contributed by atoms with van der Waals surface area (Å²) in [6.07, 6.45) is 0. The lowest BCUT2D eigenvalue weighted by molar-refractivity contribution is 0.0683. The van der Waals surface area contributed by atoms with E-state index in [0.29, 0.717) is 22.9 Å². The number of ether oxygens (including phenoxy) is 3. The maximum absolute atomic E-state index is 11.8. The smallest absolute Gasteiger partial charge is 0.339 e. The van der Waals surface area contributed by atoms with Gasteiger partial charge in [0.25, 0.3) is 0 Å². The second-order valence-electron chi connectivity index (χ2n) is 7.37. The highest BCUT2D eigenvalue weighted by Gasteiger charge is 2.17. The van der Waals surface area contributed by atoms with Gasteiger partial charge < -0.3 is 35.9 Å². The zero-order chi connectivity index (χ0) is 24.9. The van der Waals surface area contributed by atoms with Crippen LogP contribution in [0.3, 0.4) is 0 Å². The molecular weight excluding hydrogens is 452 g/mol. The Morgan fingerprint density at radius 3 is 1.20 bits per heavy atom. The standard InChI is InChI=1S/C26H20N2O7/c27-15-1-5-17(6-2-15)34-23-11-9-19(13-21(23)25(29)30)33-20-10-12-24(22(14-20)26(31)32)35-18-7-3-16(28)4-8-18/h1-14H,27-28H2,(H,29,30)(H,31,32). The summed E-state index contributed by atoms with van der Waals surface area (Å²) in [5.74, 6) is -1.05. The molecule has 0 bridgehead atoms. The van der Waals surface area contributed by atoms with Crippen LogP contribution >= 0.6 is 0 Å². The molecule has 9 nitrogen and oxygen atoms in total. The summed E-state index contributed by atoms with van der Waals surface area (Å²) in [6.45, 7) is 0. The van der Waals surface area contributed by atoms with Crippen molar-refractivity contribution in [2.75, 3.05) is 11.5 Å². The molecule has 4 aromatic carbocycles. The molecule has 9 heteroatoms. The lowest BCUT2D eigenvalue weighted by Crippen LogP contribution is -2.02. The first kappa shape index (κ1) is 23.0. The number of benzene rings is 4. The summed E-state index contributed by atoms with van der Waals surface area (Å²) in [7, 11) is 0. The average Bonchev–Trinajstić information content (AvgIpc) is 2.83. The first-order chi connectivity index (χ1) is 16.8. The van der Waals surface area contributed by atoms with Crippen molar-refractivity contribution in [2.45, 2.75) is 0 Å². The van der Waals surface area contributed by atoms with Gasteiger partial charge in [0.2, 0.25) is 0 Å². The minimum Gasteiger partial charge on any atom is -0.478 e. The van der Waals surface area contributed by atoms with Crippen molar-refractivity contribution in [3.63, 3.8) is 0 Å². The van der Waals surface area contributed by atoms with Crippen LogP contribution in [0.15, 0.2) is 84.9 Å². The number of nitrogen functional groups attached to an aromatic ring is 2. The zero-order valence-electron chi connectivity index (χ0n) is 18.2. The molecule has 0 unspecified atom stereocenters. The van der Waals surface area contributed by atoms with Crippen LogP contribution in [-0.2, 0) is 0 Å². The number of nitrogens with two attached hydrogens (primary N) is 2. The Hall–Kier alpha value is -5.18. The Balaban J connectivity index is 1.57. The zero-order valence-corrected chi connectivity index (χ0v) is 18.2. The molecule has 0 radical (unpaired) electrons. The number of anilines is 2. The molecule has 0 spiro atoms. The quantitative estimate of drug-likeness (QED) is 0.239. The molecule has 0 aromatic heterocycles. The molecule has 0 amide bonds. The van der Waals surface area contributed by atoms with Gasteiger partial charge >= 0.3 is 11.9 Å². The fourth-order valence-corrected chi connectivity index (χ4v) is 3.12. The monoisotopic (exact) mass is 472 g/mol. The predicted molar refractivity (Wildman–Crippen MR) is 129 cm³/mol. The maximum atomic E-state index is 11.8. The van der Waals surface area contributed by atoms with Crippen LogP contribution < -0.4 is 25.7 Å². The number of hydrogen-bond acceptors (Lipinski definition) is 7. The van der Waals surface area contributed by atoms with Crippen molar-refractivity contribution in [2.24, 2.45) is 0 Å². The molecule has 0 atom stereocenters. The van der Waals surface area contributed by atoms with Gasteiger partial charge in [-0.05, 0) is 84.9 Å². The van der Waals surface area contributed by atoms with E-state index in [1.165, 1.54) is 36.4 Å². The van der Waals surface area contributed by atoms with Gasteiger partial charge in [-0.3, -0.25) is 0 Å². The van der Waals surface area contributed by atoms with Gasteiger partial charge in [-0.25, -0.2) is 9.59 Å². The first-order valence-electron chi connectivity index (χ1n) is 10.3. The number of carboxylic acids is 2. The number of carboxylic acid groups (broad SMARTS) is 2. The van der Waals surface area contributed by atoms with E-state index in [-0.39, 0.29) is 34.1 Å². The van der Waals surface area contributed by atoms with Crippen molar-refractivity contribution in [3.8, 4) is 34.5 Å². The molecule has 4 aromatic rings. The molecule has 0 aliphatic rings. The molecule has 0 saturated heterocycles. The number of rotatable bonds is 8. The Morgan fingerprint density at radius 1 is 0.514 bits per heavy atom. The summed E-state index contributed by atoms with van der Waals surface area (Å²) < 4.78 is 17.1. The van der Waals surface area contributed by atoms with E-state index in [1.54, 1.807) is 48.5 Å². The van der Waals surface area contributed by atoms with Crippen molar-refractivity contribution < 1.29 is 34.0 Å². The van der Waals surface area contributed by atoms with Gasteiger partial charge in [0, 0.05) is 11.4 Å². The minimum atomic E-state index is -1.22. The van der Waals surface area contributed by atoms with Crippen LogP contribution in [0.4, 0.5) is 11.4 Å². The van der Waals surface area contributed by atoms with Crippen LogP contribution in [0.25, 0.3) is 0 Å². The molecule has 35 heavy (non-hydrogen) atoms. The Bertz CT molecular complexity index is 1280. The normalized spacial score (nSPS) is 10.4. The molecule has 0 aliphatic heterocycles. The first-order valence-corrected chi connectivity index (χ1v) is 10.3. The minimum absolute atomic E-state index is 0.105. The van der Waals surface area contributed by atoms with Gasteiger partial charge in [-0.1, -0.05) is 0 Å². The number of carbonyl (C=O) groups is 2. The lowest BCUT2D eigenvalue weighted by atomic mass is 10.1. The predicted octanol–water partition coefficient (Wildman–Crippen LogP) is 5.62. The molecule has 4 rings (SSSR count). The van der Waals surface area contributed by atoms with Crippen molar-refractivity contribution in [1.82, 2.24) is 0 Å². The summed E-state index contributed by atoms with van der Waals surface area (Å²) >= 11 is 0. The van der Waals surface area contributed by atoms with Crippen molar-refractivity contribution >= 4 is 23.3 Å². The van der Waals surface area contributed by atoms with Crippen LogP contribution in [0.2, 0.25) is 0 Å². The van der Waals surface area contributed by atoms with Crippen LogP contribution in [0, 0.1) is 0 Å². The molecule has 6 N–H and O–H groups in total. The van der Waals surface area contributed by atoms with E-state index in [1.807, 2.05) is 0 Å². The van der Waals surface area contributed by atoms with E-state index >= 15 is 0 Å². The summed E-state index contributed by atoms with van der Waals surface area (Å²) in [5.41, 5.74) is 12.1. The van der Waals surface area contributed by atoms with Gasteiger partial charge in [0.05, 0.1) is 0 Å². The second kappa shape index (κ2) is 9.75. The molecule has 0 fully saturated rings. The number of aromatic carboxylic acids is 2. The van der Waals surface area contributed by atoms with Gasteiger partial charge in [0.1, 0.15) is 45.6 Å². The Labute approximate surface area is 199 Å². The SMILES string of the molecule is Nc1ccc(Oc2ccc(Oc3ccc(Oc4ccc(N)cc4)c(C(=O)O)c3)cc2C(=O)O)cc1. The van der Waals surface area contributed by atoms with E-state index in [4.69, 9.17) is 25.7 Å². The third-order valence-electron chi connectivity index (χ3n) is 4.81. The van der Waals surface area contributed by atoms with Crippen LogP contribution in [-0.4, -0.2) is 22.2 Å². The topological polar surface area (TPSA) is 154 Å². The molecule has 0 saturated carbocycles. The van der Waals surface area contributed by atoms with Crippen molar-refractivity contribution in [3.05, 3.63) is 96.1 Å². The van der Waals surface area contributed by atoms with Crippen molar-refractivity contribution in [1.29, 1.82) is 0 Å². The van der Waals surface area contributed by atoms with Gasteiger partial charge in [-0.15, -0.1) is 0 Å². The van der Waals surface area contributed by atoms with Gasteiger partial charge in [0.15, 0.2) is 0 Å². The highest BCUT2D eigenvalue weighted by molar-refractivity contribution is 5.92. The fraction of sp³-hybridized carbons (Fsp3) is 0. The summed E-state index contributed by atoms with van der Waals surface area (Å²) in [5, 5.41) is 19.3. The van der Waals surface area contributed by atoms with E-state index in [2.05, 4.69) is 0 Å². The van der Waals surface area contributed by atoms with Gasteiger partial charge in [-0.2, -0.15) is 0 Å². The Kier molecular flexibility index (Phi) is 6.41. The third kappa shape index (κ3) is 5.60. The van der Waals surface area contributed by atoms with E-state index in [9.17, 15) is 19.8 Å². The summed E-state index contributed by atoms with van der Waals surface area (Å²) in [6, 6.07) is 21.5. The maximum Gasteiger partial charge on any atom is 0.339 e. The molecule has 0 aliphatic carbocycles. The average molecular weight is 472 g/mol. The van der Waals surface area contributed by atoms with E-state index < -0.39 is 11.9 Å². The highest BCUT2D eigenvalue weighted by Crippen LogP contribution is 2.34. The second-order valence-corrected chi connectivity index (χ2v) is 7.37. The lowest BCUT2D eigenvalue weighted by Gasteiger charge is -2.13. The third-order valence-corrected chi connectivity index (χ3v) is 4.81. The fourth-order valence-electron chi connectivity index (χ4n) is 3.12. The number of hydrogen-bond donors (Lipinski definition) is 4. The van der Waals surface area contributed by atoms with E-state index in [0.717, 1.165) is 0 Å². The van der Waals surface area contributed by atoms with Crippen LogP contribution in [0.1, 0.15) is 20.7 Å². The molecule has 176 valence electrons. The largest absolute Gasteiger partial charge is 0.478 e.